The van der Waals surface area contributed by atoms with Gasteiger partial charge in [-0.15, -0.1) is 0 Å². The van der Waals surface area contributed by atoms with E-state index >= 15 is 0 Å². The first-order chi connectivity index (χ1) is 7.83. The first-order valence-electron chi connectivity index (χ1n) is 5.54. The molecular formula is C12H18BrNO2S. The molecule has 5 heteroatoms. The lowest BCUT2D eigenvalue weighted by Gasteiger charge is -2.10. The normalized spacial score (nSPS) is 11.8. The second-order valence-electron chi connectivity index (χ2n) is 4.31. The summed E-state index contributed by atoms with van der Waals surface area (Å²) in [7, 11) is -2.96. The maximum atomic E-state index is 11.6. The Morgan fingerprint density at radius 1 is 1.35 bits per heavy atom. The smallest absolute Gasteiger partial charge is 0.154 e. The molecule has 0 saturated carbocycles. The standard InChI is InChI=1S/C12H18BrNO2S/c1-9(2)17(15,16)7-6-14-11-5-4-10(3)12(13)8-11/h4-5,8-9,14H,6-7H2,1-3H3. The number of aryl methyl sites for hydroxylation is 1. The topological polar surface area (TPSA) is 46.2 Å². The summed E-state index contributed by atoms with van der Waals surface area (Å²) in [5.74, 6) is 0.163. The van der Waals surface area contributed by atoms with E-state index in [1.54, 1.807) is 13.8 Å². The minimum Gasteiger partial charge on any atom is -0.384 e. The molecule has 1 N–H and O–H groups in total. The van der Waals surface area contributed by atoms with Gasteiger partial charge in [0.2, 0.25) is 0 Å². The average Bonchev–Trinajstić information content (AvgIpc) is 2.23. The Labute approximate surface area is 112 Å². The fourth-order valence-corrected chi connectivity index (χ4v) is 2.51. The van der Waals surface area contributed by atoms with E-state index in [-0.39, 0.29) is 11.0 Å². The van der Waals surface area contributed by atoms with Crippen molar-refractivity contribution in [3.63, 3.8) is 0 Å². The van der Waals surface area contributed by atoms with Gasteiger partial charge in [0, 0.05) is 16.7 Å². The number of nitrogens with one attached hydrogen (secondary N) is 1. The van der Waals surface area contributed by atoms with Crippen LogP contribution in [-0.2, 0) is 9.84 Å². The van der Waals surface area contributed by atoms with E-state index in [1.165, 1.54) is 0 Å². The minimum absolute atomic E-state index is 0.163. The lowest BCUT2D eigenvalue weighted by Crippen LogP contribution is -2.22. The molecule has 17 heavy (non-hydrogen) atoms. The van der Waals surface area contributed by atoms with Crippen LogP contribution in [0, 0.1) is 6.92 Å². The highest BCUT2D eigenvalue weighted by molar-refractivity contribution is 9.10. The molecule has 96 valence electrons. The molecule has 0 amide bonds. The van der Waals surface area contributed by atoms with Crippen LogP contribution < -0.4 is 5.32 Å². The molecule has 0 atom stereocenters. The molecule has 1 aromatic rings. The van der Waals surface area contributed by atoms with Gasteiger partial charge in [-0.05, 0) is 38.5 Å². The van der Waals surface area contributed by atoms with Crippen molar-refractivity contribution in [1.82, 2.24) is 0 Å². The summed E-state index contributed by atoms with van der Waals surface area (Å²) in [5.41, 5.74) is 2.09. The van der Waals surface area contributed by atoms with E-state index in [9.17, 15) is 8.42 Å². The molecular weight excluding hydrogens is 302 g/mol. The Morgan fingerprint density at radius 2 is 2.00 bits per heavy atom. The van der Waals surface area contributed by atoms with Gasteiger partial charge in [0.05, 0.1) is 11.0 Å². The molecule has 3 nitrogen and oxygen atoms in total. The molecule has 0 spiro atoms. The quantitative estimate of drug-likeness (QED) is 0.907. The zero-order valence-electron chi connectivity index (χ0n) is 10.3. The number of rotatable bonds is 5. The first kappa shape index (κ1) is 14.5. The molecule has 0 radical (unpaired) electrons. The number of halogens is 1. The molecule has 0 aliphatic heterocycles. The second-order valence-corrected chi connectivity index (χ2v) is 7.84. The number of anilines is 1. The predicted molar refractivity (Wildman–Crippen MR) is 76.3 cm³/mol. The van der Waals surface area contributed by atoms with Gasteiger partial charge in [-0.25, -0.2) is 8.42 Å². The Bertz CT molecular complexity index is 483. The summed E-state index contributed by atoms with van der Waals surface area (Å²) >= 11 is 3.44. The van der Waals surface area contributed by atoms with Crippen molar-refractivity contribution in [3.8, 4) is 0 Å². The molecule has 0 saturated heterocycles. The number of hydrogen-bond donors (Lipinski definition) is 1. The lowest BCUT2D eigenvalue weighted by molar-refractivity contribution is 0.588. The summed E-state index contributed by atoms with van der Waals surface area (Å²) in [4.78, 5) is 0. The van der Waals surface area contributed by atoms with Crippen LogP contribution in [0.1, 0.15) is 19.4 Å². The highest BCUT2D eigenvalue weighted by Gasteiger charge is 2.14. The van der Waals surface area contributed by atoms with Crippen LogP contribution in [0.15, 0.2) is 22.7 Å². The predicted octanol–water partition coefficient (Wildman–Crippen LogP) is 2.99. The highest BCUT2D eigenvalue weighted by Crippen LogP contribution is 2.20. The van der Waals surface area contributed by atoms with E-state index in [0.29, 0.717) is 6.54 Å². The molecule has 0 aliphatic carbocycles. The molecule has 0 fully saturated rings. The summed E-state index contributed by atoms with van der Waals surface area (Å²) in [5, 5.41) is 2.80. The maximum absolute atomic E-state index is 11.6. The molecule has 0 aromatic heterocycles. The summed E-state index contributed by atoms with van der Waals surface area (Å²) in [6, 6.07) is 5.89. The Kier molecular flexibility index (Phi) is 5.01. The van der Waals surface area contributed by atoms with Crippen molar-refractivity contribution >= 4 is 31.5 Å². The van der Waals surface area contributed by atoms with Crippen LogP contribution in [0.5, 0.6) is 0 Å². The Balaban J connectivity index is 2.55. The molecule has 0 unspecified atom stereocenters. The van der Waals surface area contributed by atoms with Crippen LogP contribution in [0.25, 0.3) is 0 Å². The van der Waals surface area contributed by atoms with Crippen LogP contribution >= 0.6 is 15.9 Å². The van der Waals surface area contributed by atoms with Gasteiger partial charge in [0.15, 0.2) is 9.84 Å². The van der Waals surface area contributed by atoms with Crippen molar-refractivity contribution in [2.45, 2.75) is 26.0 Å². The Hall–Kier alpha value is -0.550. The largest absolute Gasteiger partial charge is 0.384 e. The zero-order valence-corrected chi connectivity index (χ0v) is 12.7. The summed E-state index contributed by atoms with van der Waals surface area (Å²) < 4.78 is 24.2. The van der Waals surface area contributed by atoms with Gasteiger partial charge in [0.25, 0.3) is 0 Å². The van der Waals surface area contributed by atoms with E-state index < -0.39 is 9.84 Å². The van der Waals surface area contributed by atoms with E-state index in [4.69, 9.17) is 0 Å². The molecule has 0 bridgehead atoms. The third kappa shape index (κ3) is 4.32. The average molecular weight is 320 g/mol. The maximum Gasteiger partial charge on any atom is 0.154 e. The minimum atomic E-state index is -2.96. The van der Waals surface area contributed by atoms with Crippen LogP contribution in [0.4, 0.5) is 5.69 Å². The third-order valence-corrected chi connectivity index (χ3v) is 5.67. The first-order valence-corrected chi connectivity index (χ1v) is 8.05. The van der Waals surface area contributed by atoms with Crippen LogP contribution in [0.2, 0.25) is 0 Å². The van der Waals surface area contributed by atoms with Gasteiger partial charge < -0.3 is 5.32 Å². The number of sulfone groups is 1. The highest BCUT2D eigenvalue weighted by atomic mass is 79.9. The van der Waals surface area contributed by atoms with Crippen LogP contribution in [-0.4, -0.2) is 26.0 Å². The van der Waals surface area contributed by atoms with Crippen molar-refractivity contribution in [2.75, 3.05) is 17.6 Å². The van der Waals surface area contributed by atoms with Gasteiger partial charge in [-0.3, -0.25) is 0 Å². The number of benzene rings is 1. The van der Waals surface area contributed by atoms with Gasteiger partial charge in [-0.2, -0.15) is 0 Å². The fourth-order valence-electron chi connectivity index (χ4n) is 1.28. The molecule has 0 heterocycles. The summed E-state index contributed by atoms with van der Waals surface area (Å²) in [6.45, 7) is 5.86. The van der Waals surface area contributed by atoms with E-state index in [2.05, 4.69) is 21.2 Å². The third-order valence-electron chi connectivity index (χ3n) is 2.61. The van der Waals surface area contributed by atoms with Crippen LogP contribution in [0.3, 0.4) is 0 Å². The van der Waals surface area contributed by atoms with E-state index in [1.807, 2.05) is 25.1 Å². The van der Waals surface area contributed by atoms with Gasteiger partial charge in [0.1, 0.15) is 0 Å². The molecule has 1 aromatic carbocycles. The van der Waals surface area contributed by atoms with Crippen molar-refractivity contribution in [3.05, 3.63) is 28.2 Å². The zero-order chi connectivity index (χ0) is 13.1. The van der Waals surface area contributed by atoms with Gasteiger partial charge in [-0.1, -0.05) is 22.0 Å². The van der Waals surface area contributed by atoms with E-state index in [0.717, 1.165) is 15.7 Å². The number of hydrogen-bond acceptors (Lipinski definition) is 3. The second kappa shape index (κ2) is 5.87. The monoisotopic (exact) mass is 319 g/mol. The lowest BCUT2D eigenvalue weighted by atomic mass is 10.2. The summed E-state index contributed by atoms with van der Waals surface area (Å²) in [6.07, 6.45) is 0. The molecule has 0 aliphatic rings. The van der Waals surface area contributed by atoms with Crippen molar-refractivity contribution < 1.29 is 8.42 Å². The van der Waals surface area contributed by atoms with Crippen molar-refractivity contribution in [1.29, 1.82) is 0 Å². The van der Waals surface area contributed by atoms with Gasteiger partial charge >= 0.3 is 0 Å². The molecule has 1 rings (SSSR count). The fraction of sp³-hybridized carbons (Fsp3) is 0.500. The van der Waals surface area contributed by atoms with Crippen molar-refractivity contribution in [2.24, 2.45) is 0 Å². The SMILES string of the molecule is Cc1ccc(NCCS(=O)(=O)C(C)C)cc1Br. The Morgan fingerprint density at radius 3 is 2.53 bits per heavy atom.